The number of carbonyl (C=O) groups excluding carboxylic acids is 2. The molecule has 194 valence electrons. The lowest BCUT2D eigenvalue weighted by Crippen LogP contribution is -2.60. The van der Waals surface area contributed by atoms with Gasteiger partial charge < -0.3 is 9.80 Å². The summed E-state index contributed by atoms with van der Waals surface area (Å²) in [5.41, 5.74) is 1.29. The zero-order valence-corrected chi connectivity index (χ0v) is 23.2. The third-order valence-electron chi connectivity index (χ3n) is 8.33. The first-order chi connectivity index (χ1) is 16.5. The molecule has 2 aliphatic heterocycles. The molecule has 0 N–H and O–H groups in total. The Morgan fingerprint density at radius 2 is 1.69 bits per heavy atom. The molecule has 2 unspecified atom stereocenters. The molecule has 1 aromatic rings. The van der Waals surface area contributed by atoms with E-state index in [9.17, 15) is 9.59 Å². The van der Waals surface area contributed by atoms with Gasteiger partial charge in [0.25, 0.3) is 0 Å². The number of benzene rings is 1. The van der Waals surface area contributed by atoms with Gasteiger partial charge in [0.15, 0.2) is 0 Å². The van der Waals surface area contributed by atoms with Gasteiger partial charge in [-0.3, -0.25) is 14.5 Å². The summed E-state index contributed by atoms with van der Waals surface area (Å²) in [6.07, 6.45) is 5.01. The van der Waals surface area contributed by atoms with Crippen LogP contribution in [0.1, 0.15) is 71.3 Å². The molecular formula is C28H41Cl2N3O2. The minimum atomic E-state index is 0.00494. The first-order valence-corrected chi connectivity index (χ1v) is 14.0. The minimum Gasteiger partial charge on any atom is -0.343 e. The van der Waals surface area contributed by atoms with Crippen molar-refractivity contribution in [2.24, 2.45) is 17.3 Å². The van der Waals surface area contributed by atoms with Crippen LogP contribution in [0.3, 0.4) is 0 Å². The quantitative estimate of drug-likeness (QED) is 0.482. The lowest BCUT2D eigenvalue weighted by molar-refractivity contribution is -0.141. The summed E-state index contributed by atoms with van der Waals surface area (Å²) in [5.74, 6) is 1.98. The van der Waals surface area contributed by atoms with E-state index in [1.54, 1.807) is 6.92 Å². The Kier molecular flexibility index (Phi) is 8.39. The van der Waals surface area contributed by atoms with Crippen LogP contribution in [0, 0.1) is 17.3 Å². The van der Waals surface area contributed by atoms with Crippen molar-refractivity contribution in [2.75, 3.05) is 39.3 Å². The van der Waals surface area contributed by atoms with Gasteiger partial charge in [-0.15, -0.1) is 0 Å². The number of likely N-dealkylation sites (tertiary alicyclic amines) is 1. The number of nitrogens with zero attached hydrogens (tertiary/aromatic N) is 3. The summed E-state index contributed by atoms with van der Waals surface area (Å²) >= 11 is 12.5. The van der Waals surface area contributed by atoms with Gasteiger partial charge in [0.05, 0.1) is 10.0 Å². The Balaban J connectivity index is 1.40. The van der Waals surface area contributed by atoms with E-state index in [-0.39, 0.29) is 23.3 Å². The number of hydrogen-bond donors (Lipinski definition) is 0. The molecule has 4 rings (SSSR count). The average Bonchev–Trinajstić information content (AvgIpc) is 3.64. The standard InChI is InChI=1S/C28H41Cl2N3O2/c1-19(34)32-11-9-20(10-12-32)15-27(35)33-14-13-31(18-26(33)28(2,3)4)17-23(21-5-6-21)22-7-8-24(29)25(30)16-22/h7-8,16,20-21,23,26H,5-6,9-15,17-18H2,1-4H3. The second-order valence-electron chi connectivity index (χ2n) is 12.0. The first kappa shape index (κ1) is 26.8. The van der Waals surface area contributed by atoms with Crippen molar-refractivity contribution in [3.8, 4) is 0 Å². The Morgan fingerprint density at radius 1 is 1.00 bits per heavy atom. The van der Waals surface area contributed by atoms with Gasteiger partial charge in [-0.25, -0.2) is 0 Å². The van der Waals surface area contributed by atoms with Crippen molar-refractivity contribution < 1.29 is 9.59 Å². The highest BCUT2D eigenvalue weighted by atomic mass is 35.5. The first-order valence-electron chi connectivity index (χ1n) is 13.2. The van der Waals surface area contributed by atoms with E-state index >= 15 is 0 Å². The Labute approximate surface area is 221 Å². The van der Waals surface area contributed by atoms with Crippen LogP contribution in [0.2, 0.25) is 10.0 Å². The topological polar surface area (TPSA) is 43.9 Å². The number of halogens is 2. The van der Waals surface area contributed by atoms with Crippen molar-refractivity contribution in [2.45, 2.75) is 71.8 Å². The van der Waals surface area contributed by atoms with Gasteiger partial charge in [0.1, 0.15) is 0 Å². The molecule has 2 heterocycles. The van der Waals surface area contributed by atoms with Crippen LogP contribution in [0.25, 0.3) is 0 Å². The highest BCUT2D eigenvalue weighted by molar-refractivity contribution is 6.42. The molecule has 35 heavy (non-hydrogen) atoms. The smallest absolute Gasteiger partial charge is 0.223 e. The third kappa shape index (κ3) is 6.72. The summed E-state index contributed by atoms with van der Waals surface area (Å²) < 4.78 is 0. The summed E-state index contributed by atoms with van der Waals surface area (Å²) in [7, 11) is 0. The minimum absolute atomic E-state index is 0.00494. The van der Waals surface area contributed by atoms with E-state index in [0.717, 1.165) is 52.1 Å². The van der Waals surface area contributed by atoms with Gasteiger partial charge in [-0.2, -0.15) is 0 Å². The number of hydrogen-bond acceptors (Lipinski definition) is 3. The van der Waals surface area contributed by atoms with Crippen molar-refractivity contribution >= 4 is 35.0 Å². The van der Waals surface area contributed by atoms with E-state index in [1.807, 2.05) is 17.0 Å². The SMILES string of the molecule is CC(=O)N1CCC(CC(=O)N2CCN(CC(c3ccc(Cl)c(Cl)c3)C3CC3)CC2C(C)(C)C)CC1. The predicted molar refractivity (Wildman–Crippen MR) is 143 cm³/mol. The fourth-order valence-electron chi connectivity index (χ4n) is 5.91. The van der Waals surface area contributed by atoms with Crippen LogP contribution >= 0.6 is 23.2 Å². The summed E-state index contributed by atoms with van der Waals surface area (Å²) in [5, 5.41) is 1.24. The van der Waals surface area contributed by atoms with Crippen molar-refractivity contribution in [3.63, 3.8) is 0 Å². The number of piperidine rings is 1. The Bertz CT molecular complexity index is 919. The van der Waals surface area contributed by atoms with E-state index in [0.29, 0.717) is 34.2 Å². The average molecular weight is 523 g/mol. The summed E-state index contributed by atoms with van der Waals surface area (Å²) in [6.45, 7) is 13.6. The van der Waals surface area contributed by atoms with E-state index < -0.39 is 0 Å². The van der Waals surface area contributed by atoms with Crippen molar-refractivity contribution in [1.29, 1.82) is 0 Å². The highest BCUT2D eigenvalue weighted by Gasteiger charge is 2.41. The molecule has 7 heteroatoms. The maximum Gasteiger partial charge on any atom is 0.223 e. The molecule has 0 bridgehead atoms. The Morgan fingerprint density at radius 3 is 2.26 bits per heavy atom. The van der Waals surface area contributed by atoms with Crippen molar-refractivity contribution in [1.82, 2.24) is 14.7 Å². The molecule has 0 spiro atoms. The number of rotatable bonds is 6. The number of amides is 2. The predicted octanol–water partition coefficient (Wildman–Crippen LogP) is 5.69. The van der Waals surface area contributed by atoms with Gasteiger partial charge in [-0.1, -0.05) is 50.0 Å². The zero-order valence-electron chi connectivity index (χ0n) is 21.7. The molecule has 5 nitrogen and oxygen atoms in total. The molecule has 1 aliphatic carbocycles. The van der Waals surface area contributed by atoms with Crippen LogP contribution in [0.15, 0.2) is 18.2 Å². The van der Waals surface area contributed by atoms with Crippen LogP contribution in [-0.2, 0) is 9.59 Å². The Hall–Kier alpha value is -1.30. The lowest BCUT2D eigenvalue weighted by atomic mass is 9.82. The molecule has 3 fully saturated rings. The van der Waals surface area contributed by atoms with E-state index in [1.165, 1.54) is 18.4 Å². The fourth-order valence-corrected chi connectivity index (χ4v) is 6.21. The van der Waals surface area contributed by atoms with E-state index in [2.05, 4.69) is 36.6 Å². The fraction of sp³-hybridized carbons (Fsp3) is 0.714. The maximum absolute atomic E-state index is 13.5. The highest BCUT2D eigenvalue weighted by Crippen LogP contribution is 2.44. The molecule has 2 saturated heterocycles. The normalized spacial score (nSPS) is 23.4. The summed E-state index contributed by atoms with van der Waals surface area (Å²) in [4.78, 5) is 31.8. The number of carbonyl (C=O) groups is 2. The largest absolute Gasteiger partial charge is 0.343 e. The zero-order chi connectivity index (χ0) is 25.3. The molecule has 2 amide bonds. The molecular weight excluding hydrogens is 481 g/mol. The maximum atomic E-state index is 13.5. The van der Waals surface area contributed by atoms with Crippen LogP contribution in [0.4, 0.5) is 0 Å². The molecule has 2 atom stereocenters. The van der Waals surface area contributed by atoms with Crippen LogP contribution in [0.5, 0.6) is 0 Å². The van der Waals surface area contributed by atoms with E-state index in [4.69, 9.17) is 23.2 Å². The van der Waals surface area contributed by atoms with Crippen LogP contribution < -0.4 is 0 Å². The molecule has 0 aromatic heterocycles. The van der Waals surface area contributed by atoms with Crippen LogP contribution in [-0.4, -0.2) is 71.8 Å². The van der Waals surface area contributed by atoms with Gasteiger partial charge in [-0.05, 0) is 66.5 Å². The van der Waals surface area contributed by atoms with Gasteiger partial charge in [0, 0.05) is 58.7 Å². The molecule has 3 aliphatic rings. The molecule has 0 radical (unpaired) electrons. The van der Waals surface area contributed by atoms with Crippen molar-refractivity contribution in [3.05, 3.63) is 33.8 Å². The van der Waals surface area contributed by atoms with Gasteiger partial charge >= 0.3 is 0 Å². The molecule has 1 saturated carbocycles. The van der Waals surface area contributed by atoms with Gasteiger partial charge in [0.2, 0.25) is 11.8 Å². The second-order valence-corrected chi connectivity index (χ2v) is 12.8. The number of piperazine rings is 1. The monoisotopic (exact) mass is 521 g/mol. The molecule has 1 aromatic carbocycles. The lowest BCUT2D eigenvalue weighted by Gasteiger charge is -2.48. The second kappa shape index (κ2) is 11.0. The third-order valence-corrected chi connectivity index (χ3v) is 9.06. The summed E-state index contributed by atoms with van der Waals surface area (Å²) in [6, 6.07) is 6.29.